The topological polar surface area (TPSA) is 90.5 Å². The first kappa shape index (κ1) is 19.7. The van der Waals surface area contributed by atoms with Gasteiger partial charge in [-0.3, -0.25) is 14.2 Å². The number of oxazole rings is 1. The van der Waals surface area contributed by atoms with E-state index in [-0.39, 0.29) is 6.42 Å². The third kappa shape index (κ3) is 4.80. The van der Waals surface area contributed by atoms with Crippen LogP contribution in [0.4, 0.5) is 5.69 Å². The molecule has 1 amide bonds. The summed E-state index contributed by atoms with van der Waals surface area (Å²) in [7, 11) is 0. The number of carbonyl (C=O) groups is 2. The molecule has 3 aromatic rings. The number of hydrogen-bond donors (Lipinski definition) is 1. The number of halogens is 1. The minimum atomic E-state index is -0.522. The van der Waals surface area contributed by atoms with Gasteiger partial charge in [0, 0.05) is 13.0 Å². The Morgan fingerprint density at radius 3 is 2.79 bits per heavy atom. The maximum Gasteiger partial charge on any atom is 0.419 e. The van der Waals surface area contributed by atoms with E-state index in [0.717, 1.165) is 5.56 Å². The van der Waals surface area contributed by atoms with Gasteiger partial charge in [-0.15, -0.1) is 0 Å². The van der Waals surface area contributed by atoms with Crippen LogP contribution in [0.3, 0.4) is 0 Å². The number of carbonyl (C=O) groups excluding carboxylic acids is 2. The van der Waals surface area contributed by atoms with Crippen molar-refractivity contribution in [2.75, 3.05) is 11.9 Å². The number of benzene rings is 2. The Hall–Kier alpha value is -3.06. The lowest BCUT2D eigenvalue weighted by atomic mass is 10.2. The van der Waals surface area contributed by atoms with E-state index in [9.17, 15) is 14.4 Å². The Kier molecular flexibility index (Phi) is 6.16. The van der Waals surface area contributed by atoms with Crippen LogP contribution in [0.2, 0.25) is 5.02 Å². The number of para-hydroxylation sites is 2. The highest BCUT2D eigenvalue weighted by Crippen LogP contribution is 2.22. The van der Waals surface area contributed by atoms with Crippen molar-refractivity contribution in [2.45, 2.75) is 26.3 Å². The van der Waals surface area contributed by atoms with E-state index in [1.807, 2.05) is 13.0 Å². The molecule has 7 nitrogen and oxygen atoms in total. The molecular weight excluding hydrogens is 384 g/mol. The van der Waals surface area contributed by atoms with E-state index in [0.29, 0.717) is 34.8 Å². The molecule has 1 heterocycles. The average molecular weight is 403 g/mol. The van der Waals surface area contributed by atoms with Crippen LogP contribution < -0.4 is 11.1 Å². The summed E-state index contributed by atoms with van der Waals surface area (Å²) in [6, 6.07) is 12.3. The lowest BCUT2D eigenvalue weighted by Crippen LogP contribution is -2.21. The van der Waals surface area contributed by atoms with Crippen molar-refractivity contribution in [3.8, 4) is 0 Å². The highest BCUT2D eigenvalue weighted by molar-refractivity contribution is 6.33. The van der Waals surface area contributed by atoms with Gasteiger partial charge in [0.05, 0.1) is 16.2 Å². The van der Waals surface area contributed by atoms with Crippen molar-refractivity contribution in [1.29, 1.82) is 0 Å². The molecule has 0 atom stereocenters. The first-order valence-corrected chi connectivity index (χ1v) is 9.12. The van der Waals surface area contributed by atoms with Gasteiger partial charge in [0.2, 0.25) is 0 Å². The first-order valence-electron chi connectivity index (χ1n) is 8.74. The molecule has 0 fully saturated rings. The summed E-state index contributed by atoms with van der Waals surface area (Å²) in [5.74, 6) is -1.47. The third-order valence-electron chi connectivity index (χ3n) is 4.10. The van der Waals surface area contributed by atoms with Crippen molar-refractivity contribution in [3.63, 3.8) is 0 Å². The predicted molar refractivity (Wildman–Crippen MR) is 105 cm³/mol. The number of amides is 1. The molecular formula is C20H19ClN2O5. The highest BCUT2D eigenvalue weighted by atomic mass is 35.5. The number of aryl methyl sites for hydroxylation is 2. The number of nitrogens with one attached hydrogen (secondary N) is 1. The quantitative estimate of drug-likeness (QED) is 0.610. The van der Waals surface area contributed by atoms with E-state index < -0.39 is 24.2 Å². The van der Waals surface area contributed by atoms with E-state index in [1.54, 1.807) is 36.4 Å². The van der Waals surface area contributed by atoms with Gasteiger partial charge >= 0.3 is 11.7 Å². The summed E-state index contributed by atoms with van der Waals surface area (Å²) in [5, 5.41) is 3.01. The van der Waals surface area contributed by atoms with Crippen LogP contribution in [-0.2, 0) is 20.9 Å². The molecule has 0 bridgehead atoms. The molecule has 0 unspecified atom stereocenters. The van der Waals surface area contributed by atoms with Gasteiger partial charge in [0.25, 0.3) is 5.91 Å². The molecule has 0 radical (unpaired) electrons. The number of esters is 1. The molecule has 0 aliphatic carbocycles. The molecule has 146 valence electrons. The summed E-state index contributed by atoms with van der Waals surface area (Å²) >= 11 is 6.05. The number of hydrogen-bond acceptors (Lipinski definition) is 5. The number of nitrogens with zero attached hydrogens (tertiary/aromatic N) is 1. The SMILES string of the molecule is Cc1ccc(NC(=O)COC(=O)CCCn2c(=O)oc3ccccc32)c(Cl)c1. The summed E-state index contributed by atoms with van der Waals surface area (Å²) < 4.78 is 11.6. The molecule has 1 aromatic heterocycles. The van der Waals surface area contributed by atoms with Gasteiger partial charge in [0.1, 0.15) is 0 Å². The van der Waals surface area contributed by atoms with Crippen LogP contribution in [-0.4, -0.2) is 23.1 Å². The van der Waals surface area contributed by atoms with E-state index in [1.165, 1.54) is 4.57 Å². The minimum absolute atomic E-state index is 0.0739. The van der Waals surface area contributed by atoms with E-state index >= 15 is 0 Å². The van der Waals surface area contributed by atoms with Crippen LogP contribution in [0.1, 0.15) is 18.4 Å². The zero-order valence-electron chi connectivity index (χ0n) is 15.2. The molecule has 0 aliphatic rings. The van der Waals surface area contributed by atoms with Gasteiger partial charge < -0.3 is 14.5 Å². The Balaban J connectivity index is 1.45. The molecule has 0 saturated carbocycles. The third-order valence-corrected chi connectivity index (χ3v) is 4.41. The lowest BCUT2D eigenvalue weighted by Gasteiger charge is -2.08. The molecule has 0 saturated heterocycles. The fourth-order valence-corrected chi connectivity index (χ4v) is 3.02. The van der Waals surface area contributed by atoms with Crippen LogP contribution in [0.25, 0.3) is 11.1 Å². The summed E-state index contributed by atoms with van der Waals surface area (Å²) in [6.45, 7) is 1.80. The van der Waals surface area contributed by atoms with Crippen molar-refractivity contribution < 1.29 is 18.7 Å². The monoisotopic (exact) mass is 402 g/mol. The fourth-order valence-electron chi connectivity index (χ4n) is 2.73. The van der Waals surface area contributed by atoms with Crippen molar-refractivity contribution >= 4 is 40.3 Å². The largest absolute Gasteiger partial charge is 0.456 e. The maximum atomic E-state index is 11.9. The number of fused-ring (bicyclic) bond motifs is 1. The Morgan fingerprint density at radius 2 is 2.00 bits per heavy atom. The second-order valence-corrected chi connectivity index (χ2v) is 6.69. The van der Waals surface area contributed by atoms with Crippen LogP contribution in [0.5, 0.6) is 0 Å². The summed E-state index contributed by atoms with van der Waals surface area (Å²) in [5.41, 5.74) is 2.61. The Labute approximate surface area is 165 Å². The molecule has 3 rings (SSSR count). The van der Waals surface area contributed by atoms with Gasteiger partial charge in [-0.1, -0.05) is 29.8 Å². The number of rotatable bonds is 7. The molecule has 8 heteroatoms. The van der Waals surface area contributed by atoms with Crippen molar-refractivity contribution in [3.05, 3.63) is 63.6 Å². The smallest absolute Gasteiger partial charge is 0.419 e. The standard InChI is InChI=1S/C20H19ClN2O5/c1-13-8-9-15(14(21)11-13)22-18(24)12-27-19(25)7-4-10-23-16-5-2-3-6-17(16)28-20(23)26/h2-3,5-6,8-9,11H,4,7,10,12H2,1H3,(H,22,24). The zero-order valence-corrected chi connectivity index (χ0v) is 16.0. The number of aromatic nitrogens is 1. The summed E-state index contributed by atoms with van der Waals surface area (Å²) in [4.78, 5) is 35.6. The van der Waals surface area contributed by atoms with E-state index in [4.69, 9.17) is 20.8 Å². The normalized spacial score (nSPS) is 10.8. The van der Waals surface area contributed by atoms with Gasteiger partial charge in [-0.05, 0) is 43.2 Å². The second kappa shape index (κ2) is 8.75. The highest BCUT2D eigenvalue weighted by Gasteiger charge is 2.12. The number of anilines is 1. The molecule has 0 aliphatic heterocycles. The first-order chi connectivity index (χ1) is 13.4. The average Bonchev–Trinajstić information content (AvgIpc) is 2.98. The fraction of sp³-hybridized carbons (Fsp3) is 0.250. The van der Waals surface area contributed by atoms with Crippen LogP contribution in [0, 0.1) is 6.92 Å². The Bertz CT molecular complexity index is 1070. The number of ether oxygens (including phenoxy) is 1. The summed E-state index contributed by atoms with van der Waals surface area (Å²) in [6.07, 6.45) is 0.457. The lowest BCUT2D eigenvalue weighted by molar-refractivity contribution is -0.147. The van der Waals surface area contributed by atoms with Crippen LogP contribution >= 0.6 is 11.6 Å². The Morgan fingerprint density at radius 1 is 1.21 bits per heavy atom. The molecule has 0 spiro atoms. The minimum Gasteiger partial charge on any atom is -0.456 e. The van der Waals surface area contributed by atoms with Crippen molar-refractivity contribution in [1.82, 2.24) is 4.57 Å². The van der Waals surface area contributed by atoms with Gasteiger partial charge in [0.15, 0.2) is 12.2 Å². The molecule has 2 aromatic carbocycles. The second-order valence-electron chi connectivity index (χ2n) is 6.28. The molecule has 28 heavy (non-hydrogen) atoms. The van der Waals surface area contributed by atoms with Gasteiger partial charge in [-0.2, -0.15) is 0 Å². The molecule has 1 N–H and O–H groups in total. The maximum absolute atomic E-state index is 11.9. The predicted octanol–water partition coefficient (Wildman–Crippen LogP) is 3.52. The van der Waals surface area contributed by atoms with Crippen LogP contribution in [0.15, 0.2) is 51.7 Å². The van der Waals surface area contributed by atoms with Crippen molar-refractivity contribution in [2.24, 2.45) is 0 Å². The van der Waals surface area contributed by atoms with Gasteiger partial charge in [-0.25, -0.2) is 4.79 Å². The van der Waals surface area contributed by atoms with E-state index in [2.05, 4.69) is 5.32 Å². The zero-order chi connectivity index (χ0) is 20.1.